The number of aromatic nitrogens is 2. The summed E-state index contributed by atoms with van der Waals surface area (Å²) >= 11 is 0. The van der Waals surface area contributed by atoms with Crippen LogP contribution >= 0.6 is 0 Å². The van der Waals surface area contributed by atoms with E-state index in [0.29, 0.717) is 0 Å². The lowest BCUT2D eigenvalue weighted by Gasteiger charge is -2.22. The highest BCUT2D eigenvalue weighted by Gasteiger charge is 2.17. The van der Waals surface area contributed by atoms with Crippen LogP contribution in [-0.2, 0) is 13.1 Å². The molecule has 0 bridgehead atoms. The third-order valence-corrected chi connectivity index (χ3v) is 8.18. The maximum atomic E-state index is 5.07. The summed E-state index contributed by atoms with van der Waals surface area (Å²) in [6.07, 6.45) is 1.18. The average molecular weight is 467 g/mol. The molecule has 2 aromatic heterocycles. The predicted octanol–water partition coefficient (Wildman–Crippen LogP) is 6.34. The van der Waals surface area contributed by atoms with Crippen molar-refractivity contribution in [2.24, 2.45) is 0 Å². The van der Waals surface area contributed by atoms with Gasteiger partial charge >= 0.3 is 0 Å². The monoisotopic (exact) mass is 466 g/mol. The summed E-state index contributed by atoms with van der Waals surface area (Å²) in [7, 11) is 0. The summed E-state index contributed by atoms with van der Waals surface area (Å²) in [5, 5.41) is 2.50. The molecule has 1 aliphatic heterocycles. The van der Waals surface area contributed by atoms with Crippen molar-refractivity contribution in [2.75, 3.05) is 26.2 Å². The third-order valence-electron chi connectivity index (χ3n) is 8.18. The Balaban J connectivity index is 1.27. The average Bonchev–Trinajstić information content (AvgIpc) is 3.07. The molecule has 0 atom stereocenters. The lowest BCUT2D eigenvalue weighted by atomic mass is 10.00. The van der Waals surface area contributed by atoms with Gasteiger partial charge in [-0.25, -0.2) is 0 Å². The van der Waals surface area contributed by atoms with Crippen LogP contribution in [0.4, 0.5) is 0 Å². The standard InChI is InChI=1S/C31H38N4/c1-20-16-26-8-10-28(32-30(26)24(5)22(20)3)18-34-12-7-13-35(15-14-34)19-29-11-9-27-17-21(2)23(4)25(6)31(27)33-29/h8-11,16-17H,7,12-15,18-19H2,1-6H3. The van der Waals surface area contributed by atoms with Gasteiger partial charge in [-0.15, -0.1) is 0 Å². The van der Waals surface area contributed by atoms with Gasteiger partial charge in [0, 0.05) is 37.0 Å². The Kier molecular flexibility index (Phi) is 6.61. The largest absolute Gasteiger partial charge is 0.296 e. The Morgan fingerprint density at radius 3 is 1.43 bits per heavy atom. The molecule has 0 radical (unpaired) electrons. The zero-order chi connectivity index (χ0) is 24.7. The lowest BCUT2D eigenvalue weighted by molar-refractivity contribution is 0.244. The summed E-state index contributed by atoms with van der Waals surface area (Å²) in [6.45, 7) is 19.4. The van der Waals surface area contributed by atoms with Gasteiger partial charge in [0.15, 0.2) is 0 Å². The first-order chi connectivity index (χ1) is 16.8. The van der Waals surface area contributed by atoms with Crippen LogP contribution in [0.2, 0.25) is 0 Å². The summed E-state index contributed by atoms with van der Waals surface area (Å²) in [5.41, 5.74) is 12.7. The van der Waals surface area contributed by atoms with Crippen LogP contribution in [0.3, 0.4) is 0 Å². The summed E-state index contributed by atoms with van der Waals surface area (Å²) in [5.74, 6) is 0. The van der Waals surface area contributed by atoms with Gasteiger partial charge in [-0.05, 0) is 119 Å². The predicted molar refractivity (Wildman–Crippen MR) is 147 cm³/mol. The SMILES string of the molecule is Cc1cc2ccc(CN3CCCN(Cc4ccc5cc(C)c(C)c(C)c5n4)CC3)nc2c(C)c1C. The molecule has 1 aliphatic rings. The molecule has 3 heterocycles. The third kappa shape index (κ3) is 4.82. The Labute approximate surface area is 210 Å². The number of benzene rings is 2. The highest BCUT2D eigenvalue weighted by molar-refractivity contribution is 5.84. The quantitative estimate of drug-likeness (QED) is 0.351. The Morgan fingerprint density at radius 2 is 1.00 bits per heavy atom. The van der Waals surface area contributed by atoms with E-state index in [-0.39, 0.29) is 0 Å². The Morgan fingerprint density at radius 1 is 0.571 bits per heavy atom. The van der Waals surface area contributed by atoms with Gasteiger partial charge in [0.2, 0.25) is 0 Å². The zero-order valence-corrected chi connectivity index (χ0v) is 22.2. The van der Waals surface area contributed by atoms with Gasteiger partial charge in [-0.1, -0.05) is 12.1 Å². The number of pyridine rings is 2. The molecule has 35 heavy (non-hydrogen) atoms. The van der Waals surface area contributed by atoms with E-state index in [2.05, 4.69) is 87.7 Å². The molecule has 5 rings (SSSR count). The van der Waals surface area contributed by atoms with E-state index in [1.807, 2.05) is 0 Å². The second-order valence-corrected chi connectivity index (χ2v) is 10.5. The number of rotatable bonds is 4. The van der Waals surface area contributed by atoms with Crippen molar-refractivity contribution >= 4 is 21.8 Å². The second kappa shape index (κ2) is 9.67. The van der Waals surface area contributed by atoms with E-state index >= 15 is 0 Å². The van der Waals surface area contributed by atoms with Crippen molar-refractivity contribution in [3.05, 3.63) is 81.2 Å². The fourth-order valence-electron chi connectivity index (χ4n) is 5.46. The van der Waals surface area contributed by atoms with E-state index in [0.717, 1.165) is 50.3 Å². The molecule has 4 nitrogen and oxygen atoms in total. The van der Waals surface area contributed by atoms with Crippen molar-refractivity contribution in [3.8, 4) is 0 Å². The van der Waals surface area contributed by atoms with Crippen LogP contribution in [-0.4, -0.2) is 45.9 Å². The smallest absolute Gasteiger partial charge is 0.0737 e. The highest BCUT2D eigenvalue weighted by atomic mass is 15.2. The molecule has 0 N–H and O–H groups in total. The molecule has 1 saturated heterocycles. The molecule has 182 valence electrons. The Bertz CT molecular complexity index is 1300. The minimum atomic E-state index is 0.919. The summed E-state index contributed by atoms with van der Waals surface area (Å²) in [4.78, 5) is 15.3. The first kappa shape index (κ1) is 23.9. The maximum Gasteiger partial charge on any atom is 0.0737 e. The molecule has 0 unspecified atom stereocenters. The lowest BCUT2D eigenvalue weighted by Crippen LogP contribution is -2.30. The van der Waals surface area contributed by atoms with Crippen LogP contribution in [0.15, 0.2) is 36.4 Å². The van der Waals surface area contributed by atoms with Crippen molar-refractivity contribution in [1.82, 2.24) is 19.8 Å². The van der Waals surface area contributed by atoms with Crippen LogP contribution < -0.4 is 0 Å². The number of fused-ring (bicyclic) bond motifs is 2. The van der Waals surface area contributed by atoms with Crippen LogP contribution in [0.5, 0.6) is 0 Å². The van der Waals surface area contributed by atoms with Crippen LogP contribution in [0.1, 0.15) is 51.2 Å². The minimum Gasteiger partial charge on any atom is -0.296 e. The molecule has 0 aliphatic carbocycles. The fraction of sp³-hybridized carbons (Fsp3) is 0.419. The highest BCUT2D eigenvalue weighted by Crippen LogP contribution is 2.25. The zero-order valence-electron chi connectivity index (χ0n) is 22.2. The van der Waals surface area contributed by atoms with Crippen LogP contribution in [0, 0.1) is 41.5 Å². The van der Waals surface area contributed by atoms with E-state index < -0.39 is 0 Å². The first-order valence-electron chi connectivity index (χ1n) is 13.0. The van der Waals surface area contributed by atoms with E-state index in [9.17, 15) is 0 Å². The molecule has 1 fully saturated rings. The van der Waals surface area contributed by atoms with Crippen LogP contribution in [0.25, 0.3) is 21.8 Å². The fourth-order valence-corrected chi connectivity index (χ4v) is 5.46. The summed E-state index contributed by atoms with van der Waals surface area (Å²) in [6, 6.07) is 13.5. The topological polar surface area (TPSA) is 32.3 Å². The number of aryl methyl sites for hydroxylation is 4. The minimum absolute atomic E-state index is 0.919. The van der Waals surface area contributed by atoms with Gasteiger partial charge in [-0.2, -0.15) is 0 Å². The number of hydrogen-bond acceptors (Lipinski definition) is 4. The number of nitrogens with zero attached hydrogens (tertiary/aromatic N) is 4. The second-order valence-electron chi connectivity index (χ2n) is 10.5. The van der Waals surface area contributed by atoms with E-state index in [4.69, 9.17) is 9.97 Å². The molecule has 0 amide bonds. The molecule has 2 aromatic carbocycles. The van der Waals surface area contributed by atoms with Gasteiger partial charge in [-0.3, -0.25) is 19.8 Å². The molecule has 0 spiro atoms. The Hall–Kier alpha value is -2.82. The van der Waals surface area contributed by atoms with Gasteiger partial charge < -0.3 is 0 Å². The van der Waals surface area contributed by atoms with Crippen molar-refractivity contribution in [2.45, 2.75) is 61.1 Å². The van der Waals surface area contributed by atoms with E-state index in [1.54, 1.807) is 0 Å². The van der Waals surface area contributed by atoms with Gasteiger partial charge in [0.25, 0.3) is 0 Å². The molecule has 4 aromatic rings. The van der Waals surface area contributed by atoms with Gasteiger partial charge in [0.1, 0.15) is 0 Å². The maximum absolute atomic E-state index is 5.07. The molecular formula is C31H38N4. The van der Waals surface area contributed by atoms with Gasteiger partial charge in [0.05, 0.1) is 22.4 Å². The van der Waals surface area contributed by atoms with Crippen molar-refractivity contribution < 1.29 is 0 Å². The molecule has 0 saturated carbocycles. The van der Waals surface area contributed by atoms with E-state index in [1.165, 1.54) is 62.0 Å². The molecular weight excluding hydrogens is 428 g/mol. The van der Waals surface area contributed by atoms with Crippen molar-refractivity contribution in [3.63, 3.8) is 0 Å². The first-order valence-corrected chi connectivity index (χ1v) is 13.0. The summed E-state index contributed by atoms with van der Waals surface area (Å²) < 4.78 is 0. The normalized spacial score (nSPS) is 15.7. The number of hydrogen-bond donors (Lipinski definition) is 0. The van der Waals surface area contributed by atoms with Crippen molar-refractivity contribution in [1.29, 1.82) is 0 Å². The molecule has 4 heteroatoms.